The van der Waals surface area contributed by atoms with Gasteiger partial charge in [-0.1, -0.05) is 11.2 Å². The van der Waals surface area contributed by atoms with Gasteiger partial charge in [0.2, 0.25) is 5.88 Å². The van der Waals surface area contributed by atoms with E-state index in [-0.39, 0.29) is 41.5 Å². The molecule has 0 bridgehead atoms. The van der Waals surface area contributed by atoms with Crippen LogP contribution >= 0.6 is 0 Å². The molecule has 0 unspecified atom stereocenters. The van der Waals surface area contributed by atoms with Gasteiger partial charge in [-0.3, -0.25) is 0 Å². The molecular formula is C23H30N4NaO5S. The minimum Gasteiger partial charge on any atom is -0.381 e. The third-order valence-electron chi connectivity index (χ3n) is 7.05. The number of nitrogens with one attached hydrogen (secondary N) is 2. The van der Waals surface area contributed by atoms with Crippen molar-refractivity contribution in [3.63, 3.8) is 0 Å². The number of fused-ring (bicyclic) bond motifs is 2. The molecule has 1 aromatic carbocycles. The quantitative estimate of drug-likeness (QED) is 0.614. The Morgan fingerprint density at radius 3 is 2.24 bits per heavy atom. The molecule has 0 spiro atoms. The fourth-order valence-corrected chi connectivity index (χ4v) is 6.65. The Labute approximate surface area is 222 Å². The van der Waals surface area contributed by atoms with Gasteiger partial charge in [0, 0.05) is 54.0 Å². The van der Waals surface area contributed by atoms with Crippen molar-refractivity contribution in [1.29, 1.82) is 0 Å². The number of aryl methyl sites for hydroxylation is 3. The van der Waals surface area contributed by atoms with Crippen LogP contribution in [0.5, 0.6) is 0 Å². The number of anilines is 2. The van der Waals surface area contributed by atoms with E-state index < -0.39 is 16.2 Å². The molecule has 1 fully saturated rings. The van der Waals surface area contributed by atoms with Crippen LogP contribution < -0.4 is 14.3 Å². The van der Waals surface area contributed by atoms with Gasteiger partial charge in [0.05, 0.1) is 11.7 Å². The summed E-state index contributed by atoms with van der Waals surface area (Å²) in [6, 6.07) is 1.13. The van der Waals surface area contributed by atoms with Crippen molar-refractivity contribution >= 4 is 57.4 Å². The molecule has 9 nitrogen and oxygen atoms in total. The molecule has 3 aliphatic rings. The summed E-state index contributed by atoms with van der Waals surface area (Å²) < 4.78 is 41.2. The summed E-state index contributed by atoms with van der Waals surface area (Å²) in [5.41, 5.74) is 6.87. The van der Waals surface area contributed by atoms with Crippen LogP contribution in [0.2, 0.25) is 0 Å². The standard InChI is InChI=1S/C23H30N4O5S.Na/c1-14-15(2)25-32-22(14)27(18-9-11-31-12-10-18)33(29,30)26-23(28)24-21-19-7-3-5-16(19)13-17-6-4-8-20(17)21;/h13,18H,3-12H2,1-2H3,(H2,24,26,28);. The molecule has 1 saturated heterocycles. The Morgan fingerprint density at radius 2 is 1.68 bits per heavy atom. The molecule has 0 atom stereocenters. The van der Waals surface area contributed by atoms with Crippen molar-refractivity contribution in [2.24, 2.45) is 0 Å². The van der Waals surface area contributed by atoms with Crippen molar-refractivity contribution < 1.29 is 22.5 Å². The number of carbonyl (C=O) groups excluding carboxylic acids is 1. The zero-order chi connectivity index (χ0) is 23.2. The van der Waals surface area contributed by atoms with Crippen molar-refractivity contribution in [2.45, 2.75) is 71.3 Å². The molecular weight excluding hydrogens is 467 g/mol. The maximum absolute atomic E-state index is 13.5. The molecule has 1 aromatic heterocycles. The first kappa shape index (κ1) is 25.5. The number of hydrogen-bond acceptors (Lipinski definition) is 6. The van der Waals surface area contributed by atoms with Crippen molar-refractivity contribution in [3.8, 4) is 0 Å². The Bertz CT molecular complexity index is 1160. The topological polar surface area (TPSA) is 114 Å². The van der Waals surface area contributed by atoms with Gasteiger partial charge in [-0.25, -0.2) is 13.8 Å². The molecule has 2 amide bonds. The molecule has 2 aromatic rings. The number of rotatable bonds is 5. The van der Waals surface area contributed by atoms with E-state index in [1.807, 2.05) is 0 Å². The van der Waals surface area contributed by atoms with Gasteiger partial charge >= 0.3 is 16.2 Å². The second-order valence-electron chi connectivity index (χ2n) is 9.13. The van der Waals surface area contributed by atoms with Gasteiger partial charge in [0.1, 0.15) is 0 Å². The van der Waals surface area contributed by atoms with Gasteiger partial charge in [0.25, 0.3) is 0 Å². The molecule has 179 valence electrons. The second kappa shape index (κ2) is 10.2. The summed E-state index contributed by atoms with van der Waals surface area (Å²) in [5, 5.41) is 6.83. The Kier molecular flexibility index (Phi) is 7.64. The van der Waals surface area contributed by atoms with Crippen LogP contribution in [-0.2, 0) is 40.6 Å². The summed E-state index contributed by atoms with van der Waals surface area (Å²) >= 11 is 0. The van der Waals surface area contributed by atoms with E-state index in [2.05, 4.69) is 21.3 Å². The molecule has 2 aliphatic carbocycles. The van der Waals surface area contributed by atoms with E-state index in [4.69, 9.17) is 9.26 Å². The zero-order valence-corrected chi connectivity index (χ0v) is 22.9. The minimum atomic E-state index is -4.25. The van der Waals surface area contributed by atoms with Crippen molar-refractivity contribution in [3.05, 3.63) is 39.6 Å². The molecule has 5 rings (SSSR count). The molecule has 34 heavy (non-hydrogen) atoms. The monoisotopic (exact) mass is 497 g/mol. The number of hydrogen-bond donors (Lipinski definition) is 2. The molecule has 2 heterocycles. The molecule has 1 radical (unpaired) electrons. The summed E-state index contributed by atoms with van der Waals surface area (Å²) in [7, 11) is -4.25. The Hall–Kier alpha value is -1.59. The third-order valence-corrected chi connectivity index (χ3v) is 8.47. The largest absolute Gasteiger partial charge is 0.381 e. The fraction of sp³-hybridized carbons (Fsp3) is 0.565. The van der Waals surface area contributed by atoms with Crippen LogP contribution in [0.4, 0.5) is 16.4 Å². The van der Waals surface area contributed by atoms with Crippen molar-refractivity contribution in [1.82, 2.24) is 9.88 Å². The second-order valence-corrected chi connectivity index (χ2v) is 10.7. The SMILES string of the molecule is Cc1noc(N(C2CCOCC2)S(=O)(=O)NC(=O)Nc2c3c(cc4c2CCC4)CCC3)c1C.[Na]. The van der Waals surface area contributed by atoms with E-state index in [9.17, 15) is 13.2 Å². The number of nitrogens with zero attached hydrogens (tertiary/aromatic N) is 2. The third kappa shape index (κ3) is 4.75. The minimum absolute atomic E-state index is 0. The Morgan fingerprint density at radius 1 is 1.06 bits per heavy atom. The van der Waals surface area contributed by atoms with Crippen LogP contribution in [0.15, 0.2) is 10.6 Å². The number of benzene rings is 1. The first-order chi connectivity index (χ1) is 15.8. The molecule has 2 N–H and O–H groups in total. The fourth-order valence-electron chi connectivity index (χ4n) is 5.27. The number of aromatic nitrogens is 1. The summed E-state index contributed by atoms with van der Waals surface area (Å²) in [6.45, 7) is 4.40. The maximum Gasteiger partial charge on any atom is 0.334 e. The van der Waals surface area contributed by atoms with Gasteiger partial charge in [-0.05, 0) is 87.5 Å². The average Bonchev–Trinajstić information content (AvgIpc) is 3.51. The summed E-state index contributed by atoms with van der Waals surface area (Å²) in [5.74, 6) is 0.140. The van der Waals surface area contributed by atoms with Crippen LogP contribution in [0.1, 0.15) is 59.2 Å². The predicted molar refractivity (Wildman–Crippen MR) is 130 cm³/mol. The number of carbonyl (C=O) groups is 1. The first-order valence-electron chi connectivity index (χ1n) is 11.7. The molecule has 0 saturated carbocycles. The van der Waals surface area contributed by atoms with E-state index in [1.54, 1.807) is 13.8 Å². The smallest absolute Gasteiger partial charge is 0.334 e. The van der Waals surface area contributed by atoms with E-state index in [1.165, 1.54) is 15.4 Å². The number of amides is 2. The van der Waals surface area contributed by atoms with Gasteiger partial charge in [0.15, 0.2) is 0 Å². The van der Waals surface area contributed by atoms with E-state index >= 15 is 0 Å². The Balaban J connectivity index is 0.00000274. The van der Waals surface area contributed by atoms with Crippen LogP contribution in [-0.4, -0.2) is 68.4 Å². The van der Waals surface area contributed by atoms with Crippen LogP contribution in [0.3, 0.4) is 0 Å². The summed E-state index contributed by atoms with van der Waals surface area (Å²) in [6.07, 6.45) is 6.90. The van der Waals surface area contributed by atoms with Crippen LogP contribution in [0.25, 0.3) is 0 Å². The summed E-state index contributed by atoms with van der Waals surface area (Å²) in [4.78, 5) is 13.0. The average molecular weight is 498 g/mol. The number of urea groups is 1. The predicted octanol–water partition coefficient (Wildman–Crippen LogP) is 2.94. The zero-order valence-electron chi connectivity index (χ0n) is 20.1. The van der Waals surface area contributed by atoms with Crippen LogP contribution in [0, 0.1) is 13.8 Å². The van der Waals surface area contributed by atoms with Crippen molar-refractivity contribution in [2.75, 3.05) is 22.8 Å². The first-order valence-corrected chi connectivity index (χ1v) is 13.1. The maximum atomic E-state index is 13.5. The molecule has 11 heteroatoms. The van der Waals surface area contributed by atoms with Gasteiger partial charge in [-0.15, -0.1) is 0 Å². The van der Waals surface area contributed by atoms with E-state index in [0.29, 0.717) is 37.3 Å². The number of ether oxygens (including phenoxy) is 1. The van der Waals surface area contributed by atoms with Gasteiger partial charge in [-0.2, -0.15) is 8.42 Å². The molecule has 1 aliphatic heterocycles. The van der Waals surface area contributed by atoms with E-state index in [0.717, 1.165) is 55.3 Å². The van der Waals surface area contributed by atoms with Gasteiger partial charge < -0.3 is 14.6 Å². The normalized spacial score (nSPS) is 17.6.